The number of nitrogens with one attached hydrogen (secondary N) is 1. The molecule has 164 valence electrons. The van der Waals surface area contributed by atoms with Crippen LogP contribution in [-0.4, -0.2) is 35.6 Å². The van der Waals surface area contributed by atoms with Crippen LogP contribution in [0.5, 0.6) is 5.75 Å². The second kappa shape index (κ2) is 8.86. The highest BCUT2D eigenvalue weighted by molar-refractivity contribution is 6.05. The van der Waals surface area contributed by atoms with Gasteiger partial charge in [0.25, 0.3) is 0 Å². The molecule has 1 atom stereocenters. The van der Waals surface area contributed by atoms with Crippen LogP contribution in [0.2, 0.25) is 0 Å². The van der Waals surface area contributed by atoms with E-state index in [9.17, 15) is 4.79 Å². The summed E-state index contributed by atoms with van der Waals surface area (Å²) in [6.07, 6.45) is 3.36. The van der Waals surface area contributed by atoms with Crippen molar-refractivity contribution in [3.63, 3.8) is 0 Å². The molecule has 0 aliphatic carbocycles. The van der Waals surface area contributed by atoms with E-state index in [1.165, 1.54) is 0 Å². The molecule has 1 saturated heterocycles. The second-order valence-electron chi connectivity index (χ2n) is 8.06. The molecule has 2 aromatic heterocycles. The van der Waals surface area contributed by atoms with Gasteiger partial charge in [-0.3, -0.25) is 4.79 Å². The first kappa shape index (κ1) is 20.3. The zero-order chi connectivity index (χ0) is 21.9. The normalized spacial score (nSPS) is 16.4. The minimum atomic E-state index is -0.104. The summed E-state index contributed by atoms with van der Waals surface area (Å²) in [4.78, 5) is 24.0. The Labute approximate surface area is 186 Å². The Hall–Kier alpha value is -3.61. The quantitative estimate of drug-likeness (QED) is 0.491. The number of para-hydroxylation sites is 1. The molecule has 1 unspecified atom stereocenters. The van der Waals surface area contributed by atoms with E-state index < -0.39 is 0 Å². The van der Waals surface area contributed by atoms with E-state index in [-0.39, 0.29) is 11.8 Å². The summed E-state index contributed by atoms with van der Waals surface area (Å²) in [5.41, 5.74) is 3.32. The SMILES string of the molecule is CCOc1cccc(CNC(=O)C2CCCN(c3ncnc4c3oc3ccccc34)C2)c1. The van der Waals surface area contributed by atoms with Crippen LogP contribution in [0.3, 0.4) is 0 Å². The summed E-state index contributed by atoms with van der Waals surface area (Å²) in [5, 5.41) is 4.07. The fourth-order valence-corrected chi connectivity index (χ4v) is 4.37. The van der Waals surface area contributed by atoms with Crippen LogP contribution in [0.25, 0.3) is 22.1 Å². The summed E-state index contributed by atoms with van der Waals surface area (Å²) in [6.45, 7) is 4.50. The van der Waals surface area contributed by atoms with Gasteiger partial charge >= 0.3 is 0 Å². The van der Waals surface area contributed by atoms with Gasteiger partial charge in [0.15, 0.2) is 11.4 Å². The van der Waals surface area contributed by atoms with E-state index in [2.05, 4.69) is 20.2 Å². The molecule has 5 rings (SSSR count). The molecule has 1 aliphatic heterocycles. The number of fused-ring (bicyclic) bond motifs is 3. The van der Waals surface area contributed by atoms with Crippen molar-refractivity contribution in [1.29, 1.82) is 0 Å². The van der Waals surface area contributed by atoms with Gasteiger partial charge in [-0.15, -0.1) is 0 Å². The number of hydrogen-bond donors (Lipinski definition) is 1. The van der Waals surface area contributed by atoms with Crippen molar-refractivity contribution in [2.45, 2.75) is 26.3 Å². The third-order valence-corrected chi connectivity index (χ3v) is 5.91. The zero-order valence-corrected chi connectivity index (χ0v) is 18.1. The molecule has 1 aliphatic rings. The number of anilines is 1. The minimum Gasteiger partial charge on any atom is -0.494 e. The molecule has 1 amide bonds. The minimum absolute atomic E-state index is 0.0615. The molecule has 0 spiro atoms. The third-order valence-electron chi connectivity index (χ3n) is 5.91. The van der Waals surface area contributed by atoms with Gasteiger partial charge in [0.05, 0.1) is 12.5 Å². The highest BCUT2D eigenvalue weighted by Crippen LogP contribution is 2.33. The topological polar surface area (TPSA) is 80.5 Å². The Bertz CT molecular complexity index is 1250. The lowest BCUT2D eigenvalue weighted by molar-refractivity contribution is -0.125. The van der Waals surface area contributed by atoms with E-state index in [1.54, 1.807) is 6.33 Å². The van der Waals surface area contributed by atoms with Crippen LogP contribution in [0, 0.1) is 5.92 Å². The number of hydrogen-bond acceptors (Lipinski definition) is 6. The van der Waals surface area contributed by atoms with E-state index in [0.717, 1.165) is 53.0 Å². The molecule has 0 saturated carbocycles. The molecular formula is C25H26N4O3. The fraction of sp³-hybridized carbons (Fsp3) is 0.320. The summed E-state index contributed by atoms with van der Waals surface area (Å²) < 4.78 is 11.6. The lowest BCUT2D eigenvalue weighted by Gasteiger charge is -2.32. The Morgan fingerprint density at radius 2 is 2.12 bits per heavy atom. The van der Waals surface area contributed by atoms with Crippen molar-refractivity contribution in [1.82, 2.24) is 15.3 Å². The van der Waals surface area contributed by atoms with Crippen molar-refractivity contribution in [3.8, 4) is 5.75 Å². The fourth-order valence-electron chi connectivity index (χ4n) is 4.37. The smallest absolute Gasteiger partial charge is 0.225 e. The average molecular weight is 431 g/mol. The first-order chi connectivity index (χ1) is 15.7. The molecular weight excluding hydrogens is 404 g/mol. The highest BCUT2D eigenvalue weighted by Gasteiger charge is 2.28. The second-order valence-corrected chi connectivity index (χ2v) is 8.06. The predicted octanol–water partition coefficient (Wildman–Crippen LogP) is 4.31. The molecule has 7 heteroatoms. The maximum Gasteiger partial charge on any atom is 0.225 e. The van der Waals surface area contributed by atoms with Gasteiger partial charge < -0.3 is 19.4 Å². The first-order valence-corrected chi connectivity index (χ1v) is 11.1. The molecule has 0 bridgehead atoms. The maximum atomic E-state index is 12.9. The zero-order valence-electron chi connectivity index (χ0n) is 18.1. The number of carbonyl (C=O) groups excluding carboxylic acids is 1. The number of amides is 1. The molecule has 7 nitrogen and oxygen atoms in total. The summed E-state index contributed by atoms with van der Waals surface area (Å²) in [5.74, 6) is 1.54. The van der Waals surface area contributed by atoms with Crippen molar-refractivity contribution in [2.24, 2.45) is 5.92 Å². The molecule has 1 fully saturated rings. The van der Waals surface area contributed by atoms with Gasteiger partial charge in [0.1, 0.15) is 23.2 Å². The van der Waals surface area contributed by atoms with Gasteiger partial charge in [-0.05, 0) is 49.6 Å². The number of piperidine rings is 1. The molecule has 1 N–H and O–H groups in total. The van der Waals surface area contributed by atoms with Crippen molar-refractivity contribution >= 4 is 33.8 Å². The molecule has 2 aromatic carbocycles. The van der Waals surface area contributed by atoms with E-state index in [1.807, 2.05) is 55.5 Å². The summed E-state index contributed by atoms with van der Waals surface area (Å²) in [6, 6.07) is 15.7. The monoisotopic (exact) mass is 430 g/mol. The number of rotatable bonds is 6. The number of aromatic nitrogens is 2. The molecule has 32 heavy (non-hydrogen) atoms. The van der Waals surface area contributed by atoms with Crippen molar-refractivity contribution in [2.75, 3.05) is 24.6 Å². The number of ether oxygens (including phenoxy) is 1. The number of carbonyl (C=O) groups is 1. The van der Waals surface area contributed by atoms with Crippen molar-refractivity contribution < 1.29 is 13.9 Å². The lowest BCUT2D eigenvalue weighted by Crippen LogP contribution is -2.43. The Kier molecular flexibility index (Phi) is 5.62. The number of furan rings is 1. The largest absolute Gasteiger partial charge is 0.494 e. The van der Waals surface area contributed by atoms with Crippen LogP contribution in [0.15, 0.2) is 59.3 Å². The van der Waals surface area contributed by atoms with E-state index in [4.69, 9.17) is 9.15 Å². The predicted molar refractivity (Wildman–Crippen MR) is 124 cm³/mol. The van der Waals surface area contributed by atoms with Crippen molar-refractivity contribution in [3.05, 3.63) is 60.4 Å². The Morgan fingerprint density at radius 1 is 1.22 bits per heavy atom. The van der Waals surface area contributed by atoms with Crippen LogP contribution < -0.4 is 15.0 Å². The van der Waals surface area contributed by atoms with Gasteiger partial charge in [0, 0.05) is 25.0 Å². The molecule has 3 heterocycles. The van der Waals surface area contributed by atoms with Gasteiger partial charge in [-0.25, -0.2) is 9.97 Å². The average Bonchev–Trinajstić information content (AvgIpc) is 3.22. The van der Waals surface area contributed by atoms with E-state index >= 15 is 0 Å². The van der Waals surface area contributed by atoms with Crippen LogP contribution >= 0.6 is 0 Å². The standard InChI is InChI=1S/C25H26N4O3/c1-2-31-19-9-5-7-17(13-19)14-26-25(30)18-8-6-12-29(15-18)24-23-22(27-16-28-24)20-10-3-4-11-21(20)32-23/h3-5,7,9-11,13,16,18H,2,6,8,12,14-15H2,1H3,(H,26,30). The van der Waals surface area contributed by atoms with E-state index in [0.29, 0.717) is 25.3 Å². The van der Waals surface area contributed by atoms with Gasteiger partial charge in [-0.2, -0.15) is 0 Å². The third kappa shape index (κ3) is 3.98. The van der Waals surface area contributed by atoms with Gasteiger partial charge in [0.2, 0.25) is 5.91 Å². The summed E-state index contributed by atoms with van der Waals surface area (Å²) in [7, 11) is 0. The van der Waals surface area contributed by atoms with Crippen LogP contribution in [0.4, 0.5) is 5.82 Å². The Morgan fingerprint density at radius 3 is 3.03 bits per heavy atom. The number of nitrogens with zero attached hydrogens (tertiary/aromatic N) is 3. The van der Waals surface area contributed by atoms with Gasteiger partial charge in [-0.1, -0.05) is 24.3 Å². The summed E-state index contributed by atoms with van der Waals surface area (Å²) >= 11 is 0. The number of benzene rings is 2. The van der Waals surface area contributed by atoms with Crippen LogP contribution in [0.1, 0.15) is 25.3 Å². The maximum absolute atomic E-state index is 12.9. The first-order valence-electron chi connectivity index (χ1n) is 11.1. The van der Waals surface area contributed by atoms with Crippen LogP contribution in [-0.2, 0) is 11.3 Å². The lowest BCUT2D eigenvalue weighted by atomic mass is 9.97. The highest BCUT2D eigenvalue weighted by atomic mass is 16.5. The molecule has 0 radical (unpaired) electrons. The molecule has 4 aromatic rings. The Balaban J connectivity index is 1.30.